The van der Waals surface area contributed by atoms with E-state index >= 15 is 0 Å². The number of carboxylic acid groups (broad SMARTS) is 1. The molecule has 1 saturated heterocycles. The van der Waals surface area contributed by atoms with Gasteiger partial charge >= 0.3 is 12.0 Å². The number of pyridine rings is 1. The minimum Gasteiger partial charge on any atom is -0.497 e. The number of carbonyl (C=O) groups excluding carboxylic acids is 3. The molecule has 3 aliphatic rings. The summed E-state index contributed by atoms with van der Waals surface area (Å²) in [4.78, 5) is 60.5. The molecule has 4 amide bonds. The number of hydrogen-bond acceptors (Lipinski definition) is 8. The summed E-state index contributed by atoms with van der Waals surface area (Å²) in [7, 11) is 1.57. The summed E-state index contributed by atoms with van der Waals surface area (Å²) in [6.45, 7) is 7.25. The van der Waals surface area contributed by atoms with Gasteiger partial charge in [0.05, 0.1) is 37.0 Å². The highest BCUT2D eigenvalue weighted by atomic mass is 16.5. The van der Waals surface area contributed by atoms with Crippen molar-refractivity contribution in [1.82, 2.24) is 25.8 Å². The van der Waals surface area contributed by atoms with Crippen molar-refractivity contribution in [1.29, 1.82) is 0 Å². The molecule has 4 aromatic rings. The number of aromatic nitrogens is 1. The lowest BCUT2D eigenvalue weighted by Gasteiger charge is -2.30. The molecule has 1 aliphatic heterocycles. The first-order valence-electron chi connectivity index (χ1n) is 18.4. The van der Waals surface area contributed by atoms with Gasteiger partial charge in [-0.05, 0) is 35.6 Å². The number of fused-ring (bicyclic) bond motifs is 2. The van der Waals surface area contributed by atoms with Gasteiger partial charge in [0.1, 0.15) is 35.2 Å². The fraction of sp³-hybridized carbons (Fsp3) is 0.357. The first kappa shape index (κ1) is 37.4. The molecule has 5 N–H and O–H groups in total. The Hall–Kier alpha value is -5.95. The predicted octanol–water partition coefficient (Wildman–Crippen LogP) is 4.39. The van der Waals surface area contributed by atoms with Crippen LogP contribution in [0.5, 0.6) is 11.5 Å². The minimum absolute atomic E-state index is 0.0396. The molecule has 13 heteroatoms. The van der Waals surface area contributed by atoms with Crippen molar-refractivity contribution in [3.63, 3.8) is 0 Å². The van der Waals surface area contributed by atoms with Crippen LogP contribution in [0.3, 0.4) is 0 Å². The van der Waals surface area contributed by atoms with Gasteiger partial charge in [-0.2, -0.15) is 0 Å². The van der Waals surface area contributed by atoms with Crippen molar-refractivity contribution in [2.45, 2.75) is 69.0 Å². The molecule has 2 fully saturated rings. The Kier molecular flexibility index (Phi) is 10.2. The number of rotatable bonds is 12. The van der Waals surface area contributed by atoms with Crippen molar-refractivity contribution in [3.05, 3.63) is 103 Å². The van der Waals surface area contributed by atoms with Crippen LogP contribution in [0.15, 0.2) is 91.5 Å². The lowest BCUT2D eigenvalue weighted by Crippen LogP contribution is -2.58. The second kappa shape index (κ2) is 15.1. The topological polar surface area (TPSA) is 179 Å². The van der Waals surface area contributed by atoms with Gasteiger partial charge in [0.2, 0.25) is 11.8 Å². The van der Waals surface area contributed by atoms with E-state index in [2.05, 4.69) is 22.5 Å². The van der Waals surface area contributed by atoms with E-state index in [9.17, 15) is 29.4 Å². The Morgan fingerprint density at radius 3 is 2.47 bits per heavy atom. The molecule has 3 aromatic carbocycles. The summed E-state index contributed by atoms with van der Waals surface area (Å²) in [6, 6.07) is 20.8. The number of aliphatic hydroxyl groups excluding tert-OH is 1. The SMILES string of the molecule is C=C[C@@H]1C[C@]1(NC(=O)[C@@H]1C[C@@H](Oc2cc(-c3ccccc3)nc3cc(OC)ccc23)CN1C(=O)N[C@H](C(=O)N[C@@H]1c2ccccc2C[C@@H]1O)C(C)C)C(=O)O. The second-order valence-electron chi connectivity index (χ2n) is 14.8. The zero-order chi connectivity index (χ0) is 39.0. The van der Waals surface area contributed by atoms with E-state index in [4.69, 9.17) is 14.5 Å². The first-order valence-corrected chi connectivity index (χ1v) is 18.4. The van der Waals surface area contributed by atoms with E-state index in [-0.39, 0.29) is 25.3 Å². The number of urea groups is 1. The Morgan fingerprint density at radius 1 is 1.04 bits per heavy atom. The van der Waals surface area contributed by atoms with Crippen LogP contribution < -0.4 is 25.4 Å². The van der Waals surface area contributed by atoms with E-state index in [0.717, 1.165) is 16.7 Å². The lowest BCUT2D eigenvalue weighted by molar-refractivity contribution is -0.144. The molecule has 7 atom stereocenters. The second-order valence-corrected chi connectivity index (χ2v) is 14.8. The van der Waals surface area contributed by atoms with E-state index in [1.165, 1.54) is 11.0 Å². The third-order valence-electron chi connectivity index (χ3n) is 10.9. The average Bonchev–Trinajstić information content (AvgIpc) is 3.59. The molecule has 2 aliphatic carbocycles. The Bertz CT molecular complexity index is 2140. The molecule has 55 heavy (non-hydrogen) atoms. The number of carbonyl (C=O) groups is 4. The number of amides is 4. The van der Waals surface area contributed by atoms with Crippen molar-refractivity contribution in [2.24, 2.45) is 11.8 Å². The number of nitrogens with zero attached hydrogens (tertiary/aromatic N) is 2. The Balaban J connectivity index is 1.17. The van der Waals surface area contributed by atoms with E-state index < -0.39 is 65.6 Å². The van der Waals surface area contributed by atoms with Crippen molar-refractivity contribution in [2.75, 3.05) is 13.7 Å². The van der Waals surface area contributed by atoms with Crippen molar-refractivity contribution in [3.8, 4) is 22.8 Å². The van der Waals surface area contributed by atoms with Gasteiger partial charge in [-0.3, -0.25) is 9.59 Å². The van der Waals surface area contributed by atoms with Crippen molar-refractivity contribution >= 4 is 34.7 Å². The zero-order valence-corrected chi connectivity index (χ0v) is 30.9. The highest BCUT2D eigenvalue weighted by Crippen LogP contribution is 2.45. The molecule has 7 rings (SSSR count). The number of methoxy groups -OCH3 is 1. The van der Waals surface area contributed by atoms with Crippen LogP contribution in [0, 0.1) is 11.8 Å². The first-order chi connectivity index (χ1) is 26.4. The average molecular weight is 748 g/mol. The zero-order valence-electron chi connectivity index (χ0n) is 30.9. The van der Waals surface area contributed by atoms with E-state index in [0.29, 0.717) is 34.5 Å². The van der Waals surface area contributed by atoms with Crippen LogP contribution >= 0.6 is 0 Å². The number of likely N-dealkylation sites (tertiary alicyclic amines) is 1. The number of aliphatic carboxylic acids is 1. The molecule has 0 spiro atoms. The number of benzene rings is 3. The van der Waals surface area contributed by atoms with Gasteiger partial charge in [0.25, 0.3) is 0 Å². The summed E-state index contributed by atoms with van der Waals surface area (Å²) >= 11 is 0. The molecule has 1 aromatic heterocycles. The van der Waals surface area contributed by atoms with E-state index in [1.54, 1.807) is 33.1 Å². The third kappa shape index (κ3) is 7.31. The maximum absolute atomic E-state index is 14.2. The van der Waals surface area contributed by atoms with Gasteiger partial charge in [0.15, 0.2) is 0 Å². The van der Waals surface area contributed by atoms with Crippen molar-refractivity contribution < 1.29 is 38.9 Å². The van der Waals surface area contributed by atoms with Gasteiger partial charge < -0.3 is 40.5 Å². The summed E-state index contributed by atoms with van der Waals surface area (Å²) in [5.41, 5.74) is 2.35. The maximum Gasteiger partial charge on any atom is 0.330 e. The highest BCUT2D eigenvalue weighted by Gasteiger charge is 2.61. The van der Waals surface area contributed by atoms with Crippen LogP contribution in [0.25, 0.3) is 22.2 Å². The fourth-order valence-corrected chi connectivity index (χ4v) is 7.75. The van der Waals surface area contributed by atoms with Crippen LogP contribution in [-0.2, 0) is 20.8 Å². The molecule has 0 radical (unpaired) electrons. The maximum atomic E-state index is 14.2. The highest BCUT2D eigenvalue weighted by molar-refractivity contribution is 5.95. The van der Waals surface area contributed by atoms with Crippen LogP contribution in [-0.4, -0.2) is 87.4 Å². The molecular weight excluding hydrogens is 702 g/mol. The molecule has 1 saturated carbocycles. The number of ether oxygens (including phenoxy) is 2. The summed E-state index contributed by atoms with van der Waals surface area (Å²) in [6.07, 6.45) is 0.576. The number of nitrogens with one attached hydrogen (secondary N) is 3. The monoisotopic (exact) mass is 747 g/mol. The lowest BCUT2D eigenvalue weighted by atomic mass is 10.0. The number of carboxylic acids is 1. The van der Waals surface area contributed by atoms with Gasteiger partial charge in [0, 0.05) is 41.8 Å². The Labute approximate surface area is 318 Å². The number of hydrogen-bond donors (Lipinski definition) is 5. The molecule has 286 valence electrons. The van der Waals surface area contributed by atoms with Crippen LogP contribution in [0.4, 0.5) is 4.79 Å². The standard InChI is InChI=1S/C42H45N5O8/c1-5-26-21-42(26,40(51)52)46-38(49)33-19-28(55-35-20-31(24-11-7-6-8-12-24)43-32-18-27(54-4)15-16-30(32)35)22-47(33)41(53)45-36(23(2)3)39(50)44-37-29-14-10-9-13-25(29)17-34(37)48/h5-16,18,20,23,26,28,33-34,36-37,48H,1,17,19,21-22H2,2-4H3,(H,44,50)(H,45,53)(H,46,49)(H,51,52)/t26-,28-,33+,34+,36+,37-,42-/m1/s1. The smallest absolute Gasteiger partial charge is 0.330 e. The quantitative estimate of drug-likeness (QED) is 0.132. The summed E-state index contributed by atoms with van der Waals surface area (Å²) in [5, 5.41) is 30.0. The van der Waals surface area contributed by atoms with Crippen LogP contribution in [0.1, 0.15) is 43.9 Å². The van der Waals surface area contributed by atoms with E-state index in [1.807, 2.05) is 66.7 Å². The molecule has 2 heterocycles. The summed E-state index contributed by atoms with van der Waals surface area (Å²) < 4.78 is 12.1. The molecule has 0 bridgehead atoms. The molecule has 13 nitrogen and oxygen atoms in total. The number of aliphatic hydroxyl groups is 1. The molecular formula is C42H45N5O8. The minimum atomic E-state index is -1.52. The van der Waals surface area contributed by atoms with Gasteiger partial charge in [-0.1, -0.05) is 74.5 Å². The fourth-order valence-electron chi connectivity index (χ4n) is 7.75. The van der Waals surface area contributed by atoms with Gasteiger partial charge in [-0.15, -0.1) is 6.58 Å². The predicted molar refractivity (Wildman–Crippen MR) is 204 cm³/mol. The van der Waals surface area contributed by atoms with Gasteiger partial charge in [-0.25, -0.2) is 14.6 Å². The largest absolute Gasteiger partial charge is 0.497 e. The summed E-state index contributed by atoms with van der Waals surface area (Å²) in [5.74, 6) is -2.08. The molecule has 0 unspecified atom stereocenters. The Morgan fingerprint density at radius 2 is 1.78 bits per heavy atom. The normalized spacial score (nSPS) is 24.5. The van der Waals surface area contributed by atoms with Crippen LogP contribution in [0.2, 0.25) is 0 Å². The third-order valence-corrected chi connectivity index (χ3v) is 10.9.